The second-order valence-corrected chi connectivity index (χ2v) is 7.63. The van der Waals surface area contributed by atoms with Gasteiger partial charge < -0.3 is 15.1 Å². The number of nitrogens with zero attached hydrogens (tertiary/aromatic N) is 3. The summed E-state index contributed by atoms with van der Waals surface area (Å²) < 4.78 is 0. The average molecular weight is 405 g/mol. The number of anilines is 1. The van der Waals surface area contributed by atoms with Crippen molar-refractivity contribution in [3.63, 3.8) is 0 Å². The highest BCUT2D eigenvalue weighted by molar-refractivity contribution is 5.89. The summed E-state index contributed by atoms with van der Waals surface area (Å²) >= 11 is 0. The van der Waals surface area contributed by atoms with E-state index in [0.29, 0.717) is 44.6 Å². The molecule has 2 aromatic rings. The number of benzene rings is 2. The van der Waals surface area contributed by atoms with Gasteiger partial charge in [0.2, 0.25) is 5.91 Å². The Bertz CT molecular complexity index is 882. The van der Waals surface area contributed by atoms with Gasteiger partial charge in [-0.15, -0.1) is 0 Å². The lowest BCUT2D eigenvalue weighted by Crippen LogP contribution is -2.45. The second-order valence-electron chi connectivity index (χ2n) is 7.63. The Morgan fingerprint density at radius 3 is 2.37 bits per heavy atom. The van der Waals surface area contributed by atoms with Crippen LogP contribution in [0.2, 0.25) is 0 Å². The molecule has 3 amide bonds. The molecule has 0 radical (unpaired) electrons. The van der Waals surface area contributed by atoms with Crippen LogP contribution in [-0.2, 0) is 11.3 Å². The minimum Gasteiger partial charge on any atom is -0.338 e. The van der Waals surface area contributed by atoms with E-state index in [4.69, 9.17) is 5.26 Å². The molecule has 1 fully saturated rings. The zero-order valence-electron chi connectivity index (χ0n) is 17.4. The Morgan fingerprint density at radius 1 is 1.10 bits per heavy atom. The largest absolute Gasteiger partial charge is 0.338 e. The lowest BCUT2D eigenvalue weighted by Gasteiger charge is -2.34. The molecule has 3 rings (SSSR count). The molecule has 2 aromatic carbocycles. The summed E-state index contributed by atoms with van der Waals surface area (Å²) in [4.78, 5) is 29.3. The maximum atomic E-state index is 13.1. The molecule has 6 heteroatoms. The van der Waals surface area contributed by atoms with Crippen molar-refractivity contribution in [2.75, 3.05) is 25.0 Å². The minimum atomic E-state index is -0.116. The van der Waals surface area contributed by atoms with Crippen LogP contribution in [0.3, 0.4) is 0 Å². The van der Waals surface area contributed by atoms with Crippen molar-refractivity contribution in [3.8, 4) is 6.07 Å². The summed E-state index contributed by atoms with van der Waals surface area (Å²) in [6, 6.07) is 18.8. The Labute approximate surface area is 178 Å². The van der Waals surface area contributed by atoms with Crippen molar-refractivity contribution < 1.29 is 9.59 Å². The first-order chi connectivity index (χ1) is 14.6. The number of urea groups is 1. The second kappa shape index (κ2) is 10.4. The van der Waals surface area contributed by atoms with Gasteiger partial charge in [0.1, 0.15) is 0 Å². The normalized spacial score (nSPS) is 14.1. The molecular weight excluding hydrogens is 376 g/mol. The molecule has 1 aliphatic heterocycles. The van der Waals surface area contributed by atoms with E-state index in [-0.39, 0.29) is 17.9 Å². The summed E-state index contributed by atoms with van der Waals surface area (Å²) in [7, 11) is 0. The molecule has 30 heavy (non-hydrogen) atoms. The van der Waals surface area contributed by atoms with Gasteiger partial charge in [-0.3, -0.25) is 4.79 Å². The number of piperidine rings is 1. The van der Waals surface area contributed by atoms with Crippen LogP contribution in [0.4, 0.5) is 10.5 Å². The van der Waals surface area contributed by atoms with Gasteiger partial charge in [0.05, 0.1) is 11.6 Å². The first-order valence-electron chi connectivity index (χ1n) is 10.5. The molecule has 6 nitrogen and oxygen atoms in total. The zero-order chi connectivity index (χ0) is 21.3. The van der Waals surface area contributed by atoms with Crippen LogP contribution >= 0.6 is 0 Å². The van der Waals surface area contributed by atoms with Crippen molar-refractivity contribution in [1.29, 1.82) is 5.26 Å². The fourth-order valence-electron chi connectivity index (χ4n) is 3.75. The minimum absolute atomic E-state index is 0.0595. The van der Waals surface area contributed by atoms with Crippen LogP contribution in [0.25, 0.3) is 0 Å². The molecule has 0 unspecified atom stereocenters. The third-order valence-electron chi connectivity index (χ3n) is 5.42. The van der Waals surface area contributed by atoms with Crippen molar-refractivity contribution in [2.24, 2.45) is 5.92 Å². The van der Waals surface area contributed by atoms with Gasteiger partial charge in [0.15, 0.2) is 0 Å². The van der Waals surface area contributed by atoms with Crippen LogP contribution in [0, 0.1) is 17.2 Å². The highest BCUT2D eigenvalue weighted by Crippen LogP contribution is 2.22. The third-order valence-corrected chi connectivity index (χ3v) is 5.42. The summed E-state index contributed by atoms with van der Waals surface area (Å²) in [6.45, 7) is 4.47. The summed E-state index contributed by atoms with van der Waals surface area (Å²) in [6.07, 6.45) is 2.24. The number of nitrogens with one attached hydrogen (secondary N) is 1. The molecule has 1 saturated heterocycles. The van der Waals surface area contributed by atoms with Gasteiger partial charge in [0, 0.05) is 37.8 Å². The molecule has 1 N–H and O–H groups in total. The Morgan fingerprint density at radius 2 is 1.77 bits per heavy atom. The molecular formula is C24H28N4O2. The Kier molecular flexibility index (Phi) is 7.45. The maximum Gasteiger partial charge on any atom is 0.321 e. The topological polar surface area (TPSA) is 76.4 Å². The van der Waals surface area contributed by atoms with E-state index in [0.717, 1.165) is 17.7 Å². The molecule has 0 atom stereocenters. The number of amides is 3. The van der Waals surface area contributed by atoms with Crippen molar-refractivity contribution >= 4 is 17.6 Å². The maximum absolute atomic E-state index is 13.1. The predicted octanol–water partition coefficient (Wildman–Crippen LogP) is 4.24. The van der Waals surface area contributed by atoms with Gasteiger partial charge in [-0.2, -0.15) is 5.26 Å². The SMILES string of the molecule is CCCN(Cc1ccc(C#N)cc1)C(=O)C1CCN(C(=O)Nc2ccccc2)CC1. The fourth-order valence-corrected chi connectivity index (χ4v) is 3.75. The molecule has 0 spiro atoms. The molecule has 156 valence electrons. The predicted molar refractivity (Wildman–Crippen MR) is 117 cm³/mol. The van der Waals surface area contributed by atoms with Gasteiger partial charge in [0.25, 0.3) is 0 Å². The van der Waals surface area contributed by atoms with Crippen LogP contribution in [0.1, 0.15) is 37.3 Å². The number of para-hydroxylation sites is 1. The quantitative estimate of drug-likeness (QED) is 0.782. The van der Waals surface area contributed by atoms with E-state index >= 15 is 0 Å². The molecule has 0 aliphatic carbocycles. The Balaban J connectivity index is 1.55. The monoisotopic (exact) mass is 404 g/mol. The van der Waals surface area contributed by atoms with E-state index in [9.17, 15) is 9.59 Å². The van der Waals surface area contributed by atoms with E-state index in [1.165, 1.54) is 0 Å². The Hall–Kier alpha value is -3.33. The van der Waals surface area contributed by atoms with E-state index in [1.807, 2.05) is 47.4 Å². The molecule has 1 heterocycles. The van der Waals surface area contributed by atoms with Crippen LogP contribution < -0.4 is 5.32 Å². The standard InChI is InChI=1S/C24H28N4O2/c1-2-14-28(18-20-10-8-19(17-25)9-11-20)23(29)21-12-15-27(16-13-21)24(30)26-22-6-4-3-5-7-22/h3-11,21H,2,12-16,18H2,1H3,(H,26,30). The third kappa shape index (κ3) is 5.60. The summed E-state index contributed by atoms with van der Waals surface area (Å²) in [5.41, 5.74) is 2.42. The van der Waals surface area contributed by atoms with Gasteiger partial charge in [-0.05, 0) is 49.1 Å². The highest BCUT2D eigenvalue weighted by atomic mass is 16.2. The molecule has 1 aliphatic rings. The summed E-state index contributed by atoms with van der Waals surface area (Å²) in [5.74, 6) is 0.0973. The first kappa shape index (κ1) is 21.4. The van der Waals surface area contributed by atoms with Gasteiger partial charge in [-0.1, -0.05) is 37.3 Å². The smallest absolute Gasteiger partial charge is 0.321 e. The number of carbonyl (C=O) groups excluding carboxylic acids is 2. The lowest BCUT2D eigenvalue weighted by atomic mass is 9.95. The van der Waals surface area contributed by atoms with Crippen LogP contribution in [0.5, 0.6) is 0 Å². The number of likely N-dealkylation sites (tertiary alicyclic amines) is 1. The van der Waals surface area contributed by atoms with Crippen molar-refractivity contribution in [3.05, 3.63) is 65.7 Å². The molecule has 0 bridgehead atoms. The lowest BCUT2D eigenvalue weighted by molar-refractivity contribution is -0.137. The number of hydrogen-bond acceptors (Lipinski definition) is 3. The fraction of sp³-hybridized carbons (Fsp3) is 0.375. The molecule has 0 saturated carbocycles. The number of carbonyl (C=O) groups is 2. The van der Waals surface area contributed by atoms with Crippen LogP contribution in [-0.4, -0.2) is 41.4 Å². The average Bonchev–Trinajstić information content (AvgIpc) is 2.79. The first-order valence-corrected chi connectivity index (χ1v) is 10.5. The number of nitriles is 1. The van der Waals surface area contributed by atoms with Crippen molar-refractivity contribution in [2.45, 2.75) is 32.7 Å². The zero-order valence-corrected chi connectivity index (χ0v) is 17.4. The van der Waals surface area contributed by atoms with Gasteiger partial charge >= 0.3 is 6.03 Å². The van der Waals surface area contributed by atoms with Crippen LogP contribution in [0.15, 0.2) is 54.6 Å². The van der Waals surface area contributed by atoms with E-state index in [1.54, 1.807) is 17.0 Å². The number of rotatable bonds is 6. The van der Waals surface area contributed by atoms with Gasteiger partial charge in [-0.25, -0.2) is 4.79 Å². The van der Waals surface area contributed by atoms with E-state index < -0.39 is 0 Å². The van der Waals surface area contributed by atoms with E-state index in [2.05, 4.69) is 18.3 Å². The molecule has 0 aromatic heterocycles. The highest BCUT2D eigenvalue weighted by Gasteiger charge is 2.30. The summed E-state index contributed by atoms with van der Waals surface area (Å²) in [5, 5.41) is 11.9. The van der Waals surface area contributed by atoms with Crippen molar-refractivity contribution in [1.82, 2.24) is 9.80 Å². The number of hydrogen-bond donors (Lipinski definition) is 1.